The maximum absolute atomic E-state index is 11.9. The van der Waals surface area contributed by atoms with Gasteiger partial charge < -0.3 is 0 Å². The van der Waals surface area contributed by atoms with Crippen molar-refractivity contribution in [3.05, 3.63) is 0 Å². The van der Waals surface area contributed by atoms with Crippen LogP contribution in [-0.2, 0) is 0 Å². The van der Waals surface area contributed by atoms with Gasteiger partial charge in [-0.05, 0) is 0 Å². The number of hydrogen-bond donors (Lipinski definition) is 0. The van der Waals surface area contributed by atoms with Crippen LogP contribution in [0.1, 0.15) is 0 Å². The van der Waals surface area contributed by atoms with E-state index in [1.807, 2.05) is 0 Å². The maximum Gasteiger partial charge on any atom is 0.155 e. The summed E-state index contributed by atoms with van der Waals surface area (Å²) in [5.41, 5.74) is 0. The van der Waals surface area contributed by atoms with Crippen molar-refractivity contribution in [1.29, 1.82) is 0 Å². The van der Waals surface area contributed by atoms with Gasteiger partial charge in [0.25, 0.3) is 0 Å². The van der Waals surface area contributed by atoms with Crippen LogP contribution in [0.4, 0.5) is 4.39 Å². The van der Waals surface area contributed by atoms with Gasteiger partial charge in [0.2, 0.25) is 0 Å². The van der Waals surface area contributed by atoms with Crippen LogP contribution < -0.4 is 0 Å². The van der Waals surface area contributed by atoms with E-state index in [0.29, 0.717) is 0 Å². The Morgan fingerprint density at radius 2 is 2.57 bits per heavy atom. The predicted molar refractivity (Wildman–Crippen MR) is 26.7 cm³/mol. The highest BCUT2D eigenvalue weighted by Gasteiger charge is 2.00. The molecule has 1 unspecified atom stereocenters. The van der Waals surface area contributed by atoms with Crippen LogP contribution in [0, 0.1) is 0 Å². The summed E-state index contributed by atoms with van der Waals surface area (Å²) in [7, 11) is 0. The number of rotatable bonds is 0. The van der Waals surface area contributed by atoms with Crippen molar-refractivity contribution in [2.75, 3.05) is 6.54 Å². The summed E-state index contributed by atoms with van der Waals surface area (Å²) in [4.78, 5) is 7.03. The lowest BCUT2D eigenvalue weighted by molar-refractivity contribution is 0.438. The van der Waals surface area contributed by atoms with Gasteiger partial charge in [0.05, 0.1) is 6.54 Å². The van der Waals surface area contributed by atoms with E-state index in [1.165, 1.54) is 12.6 Å². The van der Waals surface area contributed by atoms with Crippen LogP contribution in [-0.4, -0.2) is 25.3 Å². The molecule has 1 rings (SSSR count). The van der Waals surface area contributed by atoms with Gasteiger partial charge in [-0.1, -0.05) is 0 Å². The molecular formula is C4H5FN2. The number of halogens is 1. The average molecular weight is 100 g/mol. The van der Waals surface area contributed by atoms with E-state index in [0.717, 1.165) is 0 Å². The standard InChI is InChI=1S/C4H5FN2/c5-4-1-6-3-7-2-4/h1,3-4H,2H2. The van der Waals surface area contributed by atoms with Crippen molar-refractivity contribution < 1.29 is 4.39 Å². The average Bonchev–Trinajstić information content (AvgIpc) is 1.69. The zero-order valence-corrected chi connectivity index (χ0v) is 3.71. The van der Waals surface area contributed by atoms with Crippen LogP contribution >= 0.6 is 0 Å². The van der Waals surface area contributed by atoms with Crippen molar-refractivity contribution in [3.63, 3.8) is 0 Å². The molecule has 0 saturated carbocycles. The summed E-state index contributed by atoms with van der Waals surface area (Å²) in [6.45, 7) is 0.240. The summed E-state index contributed by atoms with van der Waals surface area (Å²) in [5.74, 6) is 0. The molecule has 1 aliphatic rings. The fourth-order valence-corrected chi connectivity index (χ4v) is 0.374. The molecule has 0 saturated heterocycles. The Morgan fingerprint density at radius 3 is 2.86 bits per heavy atom. The van der Waals surface area contributed by atoms with Crippen LogP contribution in [0.3, 0.4) is 0 Å². The summed E-state index contributed by atoms with van der Waals surface area (Å²) in [6.07, 6.45) is 1.65. The monoisotopic (exact) mass is 100 g/mol. The Balaban J connectivity index is 2.49. The van der Waals surface area contributed by atoms with Crippen LogP contribution in [0.15, 0.2) is 9.98 Å². The summed E-state index contributed by atoms with van der Waals surface area (Å²) in [5, 5.41) is 0. The van der Waals surface area contributed by atoms with Gasteiger partial charge >= 0.3 is 0 Å². The Bertz CT molecular complexity index is 108. The largest absolute Gasteiger partial charge is 0.270 e. The fraction of sp³-hybridized carbons (Fsp3) is 0.500. The van der Waals surface area contributed by atoms with Crippen molar-refractivity contribution in [2.45, 2.75) is 6.17 Å². The Kier molecular flexibility index (Phi) is 1.15. The lowest BCUT2D eigenvalue weighted by Crippen LogP contribution is -2.09. The molecule has 0 N–H and O–H groups in total. The van der Waals surface area contributed by atoms with Gasteiger partial charge in [-0.3, -0.25) is 4.99 Å². The van der Waals surface area contributed by atoms with Crippen molar-refractivity contribution >= 4 is 12.6 Å². The highest BCUT2D eigenvalue weighted by molar-refractivity contribution is 5.77. The smallest absolute Gasteiger partial charge is 0.155 e. The predicted octanol–water partition coefficient (Wildman–Crippen LogP) is 0.437. The number of alkyl halides is 1. The van der Waals surface area contributed by atoms with E-state index in [1.54, 1.807) is 0 Å². The minimum absolute atomic E-state index is 0.240. The molecule has 2 nitrogen and oxygen atoms in total. The molecule has 1 heterocycles. The third kappa shape index (κ3) is 1.07. The van der Waals surface area contributed by atoms with Crippen LogP contribution in [0.2, 0.25) is 0 Å². The van der Waals surface area contributed by atoms with Gasteiger partial charge in [-0.25, -0.2) is 9.38 Å². The van der Waals surface area contributed by atoms with Gasteiger partial charge in [0.1, 0.15) is 6.34 Å². The summed E-state index contributed by atoms with van der Waals surface area (Å²) < 4.78 is 11.9. The van der Waals surface area contributed by atoms with Crippen LogP contribution in [0.25, 0.3) is 0 Å². The van der Waals surface area contributed by atoms with Crippen molar-refractivity contribution in [1.82, 2.24) is 0 Å². The van der Waals surface area contributed by atoms with Gasteiger partial charge in [0, 0.05) is 6.21 Å². The lowest BCUT2D eigenvalue weighted by atomic mass is 10.4. The van der Waals surface area contributed by atoms with Gasteiger partial charge in [-0.15, -0.1) is 0 Å². The van der Waals surface area contributed by atoms with E-state index in [9.17, 15) is 4.39 Å². The molecule has 0 radical (unpaired) electrons. The molecule has 0 aromatic heterocycles. The molecule has 0 fully saturated rings. The number of hydrogen-bond acceptors (Lipinski definition) is 2. The molecule has 0 spiro atoms. The third-order valence-corrected chi connectivity index (χ3v) is 0.676. The minimum Gasteiger partial charge on any atom is -0.270 e. The quantitative estimate of drug-likeness (QED) is 0.422. The number of nitrogens with zero attached hydrogens (tertiary/aromatic N) is 2. The molecule has 0 aromatic carbocycles. The van der Waals surface area contributed by atoms with Crippen LogP contribution in [0.5, 0.6) is 0 Å². The minimum atomic E-state index is -0.954. The lowest BCUT2D eigenvalue weighted by Gasteiger charge is -1.97. The highest BCUT2D eigenvalue weighted by Crippen LogP contribution is 1.90. The molecule has 3 heteroatoms. The molecule has 0 bridgehead atoms. The molecule has 0 aliphatic carbocycles. The van der Waals surface area contributed by atoms with Gasteiger partial charge in [0.15, 0.2) is 6.17 Å². The first-order valence-electron chi connectivity index (χ1n) is 2.05. The Morgan fingerprint density at radius 1 is 1.71 bits per heavy atom. The fourth-order valence-electron chi connectivity index (χ4n) is 0.374. The highest BCUT2D eigenvalue weighted by atomic mass is 19.1. The van der Waals surface area contributed by atoms with Crippen molar-refractivity contribution in [2.24, 2.45) is 9.98 Å². The zero-order valence-electron chi connectivity index (χ0n) is 3.71. The second-order valence-electron chi connectivity index (χ2n) is 1.29. The Hall–Kier alpha value is -0.730. The SMILES string of the molecule is FC1C=NC=NC1. The first-order chi connectivity index (χ1) is 3.39. The first-order valence-corrected chi connectivity index (χ1v) is 2.05. The van der Waals surface area contributed by atoms with E-state index in [-0.39, 0.29) is 6.54 Å². The molecule has 7 heavy (non-hydrogen) atoms. The third-order valence-electron chi connectivity index (χ3n) is 0.676. The molecule has 0 aromatic rings. The molecule has 0 amide bonds. The maximum atomic E-state index is 11.9. The van der Waals surface area contributed by atoms with E-state index >= 15 is 0 Å². The molecule has 38 valence electrons. The zero-order chi connectivity index (χ0) is 5.11. The topological polar surface area (TPSA) is 24.7 Å². The van der Waals surface area contributed by atoms with Crippen molar-refractivity contribution in [3.8, 4) is 0 Å². The second kappa shape index (κ2) is 1.82. The number of aliphatic imine (C=N–C) groups is 2. The van der Waals surface area contributed by atoms with E-state index < -0.39 is 6.17 Å². The molecule has 1 atom stereocenters. The Labute approximate surface area is 40.8 Å². The summed E-state index contributed by atoms with van der Waals surface area (Å²) >= 11 is 0. The molecular weight excluding hydrogens is 95.1 g/mol. The van der Waals surface area contributed by atoms with E-state index in [2.05, 4.69) is 9.98 Å². The normalized spacial score (nSPS) is 28.4. The van der Waals surface area contributed by atoms with E-state index in [4.69, 9.17) is 0 Å². The first kappa shape index (κ1) is 4.43. The molecule has 1 aliphatic heterocycles. The van der Waals surface area contributed by atoms with Gasteiger partial charge in [-0.2, -0.15) is 0 Å². The second-order valence-corrected chi connectivity index (χ2v) is 1.29. The summed E-state index contributed by atoms with van der Waals surface area (Å²) in [6, 6.07) is 0.